The number of carbonyl (C=O) groups is 2. The number of nitrogens with one attached hydrogen (secondary N) is 1. The monoisotopic (exact) mass is 493 g/mol. The molecule has 162 valence electrons. The van der Waals surface area contributed by atoms with Gasteiger partial charge in [-0.15, -0.1) is 11.3 Å². The SMILES string of the molecule is COC(=O)c1c(NC(=O)CCCOc2ccc(C(C)(C)C)cc2Br)sc2c1CCC2. The van der Waals surface area contributed by atoms with E-state index in [2.05, 4.69) is 54.2 Å². The molecule has 1 aliphatic rings. The van der Waals surface area contributed by atoms with Gasteiger partial charge in [-0.25, -0.2) is 4.79 Å². The van der Waals surface area contributed by atoms with Gasteiger partial charge in [0.05, 0.1) is 23.8 Å². The number of amides is 1. The van der Waals surface area contributed by atoms with Crippen LogP contribution in [-0.2, 0) is 27.8 Å². The zero-order chi connectivity index (χ0) is 21.9. The number of carbonyl (C=O) groups excluding carboxylic acids is 2. The molecule has 0 bridgehead atoms. The Hall–Kier alpha value is -1.86. The highest BCUT2D eigenvalue weighted by Crippen LogP contribution is 2.39. The molecular weight excluding hydrogens is 466 g/mol. The first-order valence-electron chi connectivity index (χ1n) is 10.2. The molecule has 0 spiro atoms. The van der Waals surface area contributed by atoms with Gasteiger partial charge in [0.25, 0.3) is 0 Å². The maximum atomic E-state index is 12.4. The van der Waals surface area contributed by atoms with Gasteiger partial charge in [-0.1, -0.05) is 26.8 Å². The number of ether oxygens (including phenoxy) is 2. The first-order valence-corrected chi connectivity index (χ1v) is 11.8. The van der Waals surface area contributed by atoms with Gasteiger partial charge in [0.1, 0.15) is 10.8 Å². The molecule has 5 nitrogen and oxygen atoms in total. The second kappa shape index (κ2) is 9.52. The molecule has 0 radical (unpaired) electrons. The van der Waals surface area contributed by atoms with Crippen LogP contribution in [0.4, 0.5) is 5.00 Å². The first kappa shape index (κ1) is 22.8. The van der Waals surface area contributed by atoms with Gasteiger partial charge in [-0.3, -0.25) is 4.79 Å². The minimum atomic E-state index is -0.378. The Labute approximate surface area is 190 Å². The van der Waals surface area contributed by atoms with Gasteiger partial charge < -0.3 is 14.8 Å². The summed E-state index contributed by atoms with van der Waals surface area (Å²) in [7, 11) is 1.37. The molecule has 7 heteroatoms. The van der Waals surface area contributed by atoms with Crippen LogP contribution in [0.15, 0.2) is 22.7 Å². The first-order chi connectivity index (χ1) is 14.2. The molecular formula is C23H28BrNO4S. The average molecular weight is 494 g/mol. The summed E-state index contributed by atoms with van der Waals surface area (Å²) >= 11 is 5.06. The number of fused-ring (bicyclic) bond motifs is 1. The van der Waals surface area contributed by atoms with Crippen molar-refractivity contribution in [2.75, 3.05) is 19.0 Å². The van der Waals surface area contributed by atoms with E-state index in [4.69, 9.17) is 9.47 Å². The van der Waals surface area contributed by atoms with Crippen LogP contribution >= 0.6 is 27.3 Å². The summed E-state index contributed by atoms with van der Waals surface area (Å²) in [5, 5.41) is 3.51. The van der Waals surface area contributed by atoms with Gasteiger partial charge >= 0.3 is 5.97 Å². The second-order valence-electron chi connectivity index (χ2n) is 8.45. The number of methoxy groups -OCH3 is 1. The average Bonchev–Trinajstić information content (AvgIpc) is 3.25. The van der Waals surface area contributed by atoms with Crippen LogP contribution < -0.4 is 10.1 Å². The van der Waals surface area contributed by atoms with E-state index < -0.39 is 0 Å². The van der Waals surface area contributed by atoms with Crippen LogP contribution in [0, 0.1) is 0 Å². The van der Waals surface area contributed by atoms with Crippen molar-refractivity contribution in [1.29, 1.82) is 0 Å². The summed E-state index contributed by atoms with van der Waals surface area (Å²) in [5.41, 5.74) is 2.87. The van der Waals surface area contributed by atoms with E-state index in [0.717, 1.165) is 35.0 Å². The fraction of sp³-hybridized carbons (Fsp3) is 0.478. The Morgan fingerprint density at radius 3 is 2.67 bits per heavy atom. The van der Waals surface area contributed by atoms with Crippen LogP contribution in [0.2, 0.25) is 0 Å². The highest BCUT2D eigenvalue weighted by Gasteiger charge is 2.27. The smallest absolute Gasteiger partial charge is 0.341 e. The molecule has 0 aliphatic heterocycles. The molecule has 1 aromatic heterocycles. The third-order valence-electron chi connectivity index (χ3n) is 5.17. The van der Waals surface area contributed by atoms with E-state index >= 15 is 0 Å². The van der Waals surface area contributed by atoms with Crippen LogP contribution in [0.1, 0.15) is 66.4 Å². The van der Waals surface area contributed by atoms with Crippen LogP contribution in [0.25, 0.3) is 0 Å². The Morgan fingerprint density at radius 2 is 2.00 bits per heavy atom. The Balaban J connectivity index is 1.52. The zero-order valence-electron chi connectivity index (χ0n) is 17.9. The third-order valence-corrected chi connectivity index (χ3v) is 6.99. The molecule has 1 aliphatic carbocycles. The van der Waals surface area contributed by atoms with Crippen LogP contribution in [0.5, 0.6) is 5.75 Å². The second-order valence-corrected chi connectivity index (χ2v) is 10.4. The largest absolute Gasteiger partial charge is 0.492 e. The number of thiophene rings is 1. The van der Waals surface area contributed by atoms with Crippen molar-refractivity contribution in [2.45, 2.75) is 58.3 Å². The quantitative estimate of drug-likeness (QED) is 0.386. The maximum Gasteiger partial charge on any atom is 0.341 e. The molecule has 30 heavy (non-hydrogen) atoms. The number of anilines is 1. The topological polar surface area (TPSA) is 64.6 Å². The molecule has 0 saturated heterocycles. The number of hydrogen-bond acceptors (Lipinski definition) is 5. The maximum absolute atomic E-state index is 12.4. The van der Waals surface area contributed by atoms with Gasteiger partial charge in [-0.05, 0) is 70.3 Å². The minimum Gasteiger partial charge on any atom is -0.492 e. The fourth-order valence-corrected chi connectivity index (χ4v) is 5.29. The minimum absolute atomic E-state index is 0.0736. The molecule has 2 aromatic rings. The lowest BCUT2D eigenvalue weighted by molar-refractivity contribution is -0.116. The van der Waals surface area contributed by atoms with Gasteiger partial charge in [0.2, 0.25) is 5.91 Å². The number of halogens is 1. The number of aryl methyl sites for hydroxylation is 1. The predicted molar refractivity (Wildman–Crippen MR) is 124 cm³/mol. The Kier molecular flexibility index (Phi) is 7.24. The Bertz CT molecular complexity index is 945. The standard InChI is InChI=1S/C23H28BrNO4S/c1-23(2,3)14-10-11-17(16(24)13-14)29-12-6-9-19(26)25-21-20(22(27)28-4)15-7-5-8-18(15)30-21/h10-11,13H,5-9,12H2,1-4H3,(H,25,26). The molecule has 3 rings (SSSR count). The number of rotatable bonds is 7. The zero-order valence-corrected chi connectivity index (χ0v) is 20.3. The summed E-state index contributed by atoms with van der Waals surface area (Å²) < 4.78 is 11.7. The number of hydrogen-bond donors (Lipinski definition) is 1. The van der Waals surface area contributed by atoms with E-state index in [-0.39, 0.29) is 17.3 Å². The molecule has 1 heterocycles. The van der Waals surface area contributed by atoms with Gasteiger partial charge in [-0.2, -0.15) is 0 Å². The Morgan fingerprint density at radius 1 is 1.23 bits per heavy atom. The lowest BCUT2D eigenvalue weighted by Crippen LogP contribution is -2.15. The van der Waals surface area contributed by atoms with Crippen molar-refractivity contribution in [3.8, 4) is 5.75 Å². The third kappa shape index (κ3) is 5.24. The predicted octanol–water partition coefficient (Wildman–Crippen LogP) is 5.88. The van der Waals surface area contributed by atoms with E-state index in [1.807, 2.05) is 6.07 Å². The van der Waals surface area contributed by atoms with E-state index in [0.29, 0.717) is 30.0 Å². The molecule has 1 amide bonds. The van der Waals surface area contributed by atoms with Gasteiger partial charge in [0, 0.05) is 11.3 Å². The molecule has 0 saturated carbocycles. The summed E-state index contributed by atoms with van der Waals surface area (Å²) in [6.07, 6.45) is 3.77. The summed E-state index contributed by atoms with van der Waals surface area (Å²) in [5.74, 6) is 0.272. The van der Waals surface area contributed by atoms with Crippen molar-refractivity contribution in [1.82, 2.24) is 0 Å². The van der Waals surface area contributed by atoms with Crippen molar-refractivity contribution in [3.05, 3.63) is 44.2 Å². The molecule has 1 aromatic carbocycles. The van der Waals surface area contributed by atoms with Crippen molar-refractivity contribution in [2.24, 2.45) is 0 Å². The highest BCUT2D eigenvalue weighted by atomic mass is 79.9. The molecule has 0 atom stereocenters. The van der Waals surface area contributed by atoms with Gasteiger partial charge in [0.15, 0.2) is 0 Å². The van der Waals surface area contributed by atoms with E-state index in [1.165, 1.54) is 28.9 Å². The molecule has 0 fully saturated rings. The lowest BCUT2D eigenvalue weighted by Gasteiger charge is -2.20. The summed E-state index contributed by atoms with van der Waals surface area (Å²) in [6.45, 7) is 6.94. The van der Waals surface area contributed by atoms with Crippen molar-refractivity contribution in [3.63, 3.8) is 0 Å². The molecule has 0 unspecified atom stereocenters. The van der Waals surface area contributed by atoms with E-state index in [9.17, 15) is 9.59 Å². The highest BCUT2D eigenvalue weighted by molar-refractivity contribution is 9.10. The lowest BCUT2D eigenvalue weighted by atomic mass is 9.87. The van der Waals surface area contributed by atoms with Crippen molar-refractivity contribution >= 4 is 44.1 Å². The van der Waals surface area contributed by atoms with Crippen LogP contribution in [0.3, 0.4) is 0 Å². The normalized spacial score (nSPS) is 13.1. The number of esters is 1. The summed E-state index contributed by atoms with van der Waals surface area (Å²) in [4.78, 5) is 25.8. The summed E-state index contributed by atoms with van der Waals surface area (Å²) in [6, 6.07) is 6.10. The van der Waals surface area contributed by atoms with Crippen molar-refractivity contribution < 1.29 is 19.1 Å². The van der Waals surface area contributed by atoms with E-state index in [1.54, 1.807) is 0 Å². The fourth-order valence-electron chi connectivity index (χ4n) is 3.50. The van der Waals surface area contributed by atoms with Crippen LogP contribution in [-0.4, -0.2) is 25.6 Å². The number of benzene rings is 1. The molecule has 1 N–H and O–H groups in total.